The number of halogens is 2. The summed E-state index contributed by atoms with van der Waals surface area (Å²) in [6.45, 7) is 3.23. The molecule has 0 radical (unpaired) electrons. The fourth-order valence-electron chi connectivity index (χ4n) is 2.22. The first kappa shape index (κ1) is 19.7. The van der Waals surface area contributed by atoms with Crippen molar-refractivity contribution in [2.24, 2.45) is 0 Å². The van der Waals surface area contributed by atoms with Gasteiger partial charge in [-0.05, 0) is 43.7 Å². The normalized spacial score (nSPS) is 13.9. The van der Waals surface area contributed by atoms with Crippen molar-refractivity contribution >= 4 is 39.1 Å². The van der Waals surface area contributed by atoms with E-state index in [4.69, 9.17) is 23.2 Å². The molecular formula is C17H18Cl2N2O3S. The molecule has 8 heteroatoms. The van der Waals surface area contributed by atoms with Gasteiger partial charge in [-0.25, -0.2) is 8.42 Å². The highest BCUT2D eigenvalue weighted by Crippen LogP contribution is 2.26. The van der Waals surface area contributed by atoms with Gasteiger partial charge in [-0.15, -0.1) is 0 Å². The molecule has 2 aromatic carbocycles. The minimum atomic E-state index is -3.77. The van der Waals surface area contributed by atoms with Gasteiger partial charge in [0.15, 0.2) is 0 Å². The Morgan fingerprint density at radius 3 is 2.28 bits per heavy atom. The molecule has 0 aliphatic rings. The van der Waals surface area contributed by atoms with Crippen molar-refractivity contribution in [2.45, 2.75) is 30.8 Å². The molecular weight excluding hydrogens is 383 g/mol. The Balaban J connectivity index is 2.05. The molecule has 134 valence electrons. The van der Waals surface area contributed by atoms with Crippen LogP contribution in [-0.2, 0) is 14.8 Å². The molecule has 2 unspecified atom stereocenters. The first-order valence-electron chi connectivity index (χ1n) is 7.53. The van der Waals surface area contributed by atoms with Crippen LogP contribution in [0.5, 0.6) is 0 Å². The molecule has 2 N–H and O–H groups in total. The van der Waals surface area contributed by atoms with Crippen LogP contribution >= 0.6 is 23.2 Å². The van der Waals surface area contributed by atoms with E-state index < -0.39 is 28.0 Å². The Bertz CT molecular complexity index is 857. The Kier molecular flexibility index (Phi) is 6.46. The Hall–Kier alpha value is -1.60. The maximum Gasteiger partial charge on any atom is 0.241 e. The summed E-state index contributed by atoms with van der Waals surface area (Å²) in [5.74, 6) is -0.460. The lowest BCUT2D eigenvalue weighted by Gasteiger charge is -2.19. The number of benzene rings is 2. The van der Waals surface area contributed by atoms with E-state index in [1.54, 1.807) is 43.3 Å². The number of amides is 1. The van der Waals surface area contributed by atoms with Crippen LogP contribution < -0.4 is 10.0 Å². The lowest BCUT2D eigenvalue weighted by molar-refractivity contribution is -0.123. The highest BCUT2D eigenvalue weighted by molar-refractivity contribution is 7.89. The summed E-state index contributed by atoms with van der Waals surface area (Å²) in [5, 5.41) is 3.66. The van der Waals surface area contributed by atoms with Gasteiger partial charge < -0.3 is 5.32 Å². The maximum atomic E-state index is 12.3. The minimum Gasteiger partial charge on any atom is -0.348 e. The van der Waals surface area contributed by atoms with Crippen LogP contribution in [0.4, 0.5) is 0 Å². The molecule has 25 heavy (non-hydrogen) atoms. The SMILES string of the molecule is CC(NS(=O)(=O)c1ccccc1)C(=O)NC(C)c1ccc(Cl)cc1Cl. The number of hydrogen-bond donors (Lipinski definition) is 2. The summed E-state index contributed by atoms with van der Waals surface area (Å²) in [4.78, 5) is 12.4. The van der Waals surface area contributed by atoms with Gasteiger partial charge in [0.2, 0.25) is 15.9 Å². The second-order valence-electron chi connectivity index (χ2n) is 5.55. The van der Waals surface area contributed by atoms with E-state index in [1.807, 2.05) is 0 Å². The van der Waals surface area contributed by atoms with E-state index in [2.05, 4.69) is 10.0 Å². The second-order valence-corrected chi connectivity index (χ2v) is 8.11. The van der Waals surface area contributed by atoms with Crippen LogP contribution in [0.3, 0.4) is 0 Å². The van der Waals surface area contributed by atoms with E-state index in [1.165, 1.54) is 19.1 Å². The highest BCUT2D eigenvalue weighted by Gasteiger charge is 2.23. The molecule has 0 bridgehead atoms. The van der Waals surface area contributed by atoms with Gasteiger partial charge in [0.05, 0.1) is 17.0 Å². The maximum absolute atomic E-state index is 12.3. The van der Waals surface area contributed by atoms with E-state index in [0.717, 1.165) is 0 Å². The Morgan fingerprint density at radius 2 is 1.68 bits per heavy atom. The van der Waals surface area contributed by atoms with Crippen molar-refractivity contribution < 1.29 is 13.2 Å². The molecule has 2 rings (SSSR count). The summed E-state index contributed by atoms with van der Waals surface area (Å²) < 4.78 is 26.9. The quantitative estimate of drug-likeness (QED) is 0.778. The molecule has 0 saturated carbocycles. The first-order chi connectivity index (χ1) is 11.7. The topological polar surface area (TPSA) is 75.3 Å². The number of sulfonamides is 1. The third-order valence-electron chi connectivity index (χ3n) is 3.57. The molecule has 0 aromatic heterocycles. The predicted octanol–water partition coefficient (Wildman–Crippen LogP) is 3.54. The monoisotopic (exact) mass is 400 g/mol. The zero-order valence-electron chi connectivity index (χ0n) is 13.7. The van der Waals surface area contributed by atoms with Crippen LogP contribution in [0, 0.1) is 0 Å². The number of carbonyl (C=O) groups excluding carboxylic acids is 1. The Labute approximate surface area is 157 Å². The van der Waals surface area contributed by atoms with Gasteiger partial charge in [0.1, 0.15) is 0 Å². The van der Waals surface area contributed by atoms with E-state index in [9.17, 15) is 13.2 Å². The van der Waals surface area contributed by atoms with Crippen molar-refractivity contribution in [1.82, 2.24) is 10.0 Å². The van der Waals surface area contributed by atoms with Crippen LogP contribution in [0.1, 0.15) is 25.5 Å². The van der Waals surface area contributed by atoms with Crippen molar-refractivity contribution in [1.29, 1.82) is 0 Å². The summed E-state index contributed by atoms with van der Waals surface area (Å²) in [7, 11) is -3.77. The summed E-state index contributed by atoms with van der Waals surface area (Å²) in [5.41, 5.74) is 0.692. The molecule has 0 saturated heterocycles. The highest BCUT2D eigenvalue weighted by atomic mass is 35.5. The van der Waals surface area contributed by atoms with Gasteiger partial charge >= 0.3 is 0 Å². The van der Waals surface area contributed by atoms with Crippen molar-refractivity contribution in [2.75, 3.05) is 0 Å². The summed E-state index contributed by atoms with van der Waals surface area (Å²) >= 11 is 12.0. The second kappa shape index (κ2) is 8.19. The van der Waals surface area contributed by atoms with E-state index in [0.29, 0.717) is 15.6 Å². The average molecular weight is 401 g/mol. The largest absolute Gasteiger partial charge is 0.348 e. The number of rotatable bonds is 6. The smallest absolute Gasteiger partial charge is 0.241 e. The molecule has 0 spiro atoms. The van der Waals surface area contributed by atoms with Crippen LogP contribution in [0.15, 0.2) is 53.4 Å². The predicted molar refractivity (Wildman–Crippen MR) is 99.2 cm³/mol. The van der Waals surface area contributed by atoms with E-state index in [-0.39, 0.29) is 4.90 Å². The third kappa shape index (κ3) is 5.19. The lowest BCUT2D eigenvalue weighted by atomic mass is 10.1. The standard InChI is InChI=1S/C17H18Cl2N2O3S/c1-11(15-9-8-13(18)10-16(15)19)20-17(22)12(2)21-25(23,24)14-6-4-3-5-7-14/h3-12,21H,1-2H3,(H,20,22). The zero-order chi connectivity index (χ0) is 18.6. The van der Waals surface area contributed by atoms with Gasteiger partial charge in [-0.3, -0.25) is 4.79 Å². The molecule has 1 amide bonds. The first-order valence-corrected chi connectivity index (χ1v) is 9.77. The molecule has 2 aromatic rings. The lowest BCUT2D eigenvalue weighted by Crippen LogP contribution is -2.45. The molecule has 5 nitrogen and oxygen atoms in total. The van der Waals surface area contributed by atoms with Crippen LogP contribution in [0.25, 0.3) is 0 Å². The van der Waals surface area contributed by atoms with Crippen LogP contribution in [-0.4, -0.2) is 20.4 Å². The average Bonchev–Trinajstić information content (AvgIpc) is 2.55. The van der Waals surface area contributed by atoms with Crippen molar-refractivity contribution in [3.63, 3.8) is 0 Å². The fourth-order valence-corrected chi connectivity index (χ4v) is 4.02. The van der Waals surface area contributed by atoms with Crippen molar-refractivity contribution in [3.8, 4) is 0 Å². The molecule has 0 fully saturated rings. The summed E-state index contributed by atoms with van der Waals surface area (Å²) in [6.07, 6.45) is 0. The van der Waals surface area contributed by atoms with Gasteiger partial charge in [0.25, 0.3) is 0 Å². The number of hydrogen-bond acceptors (Lipinski definition) is 3. The zero-order valence-corrected chi connectivity index (χ0v) is 16.0. The van der Waals surface area contributed by atoms with Gasteiger partial charge in [-0.2, -0.15) is 4.72 Å². The molecule has 0 heterocycles. The molecule has 0 aliphatic carbocycles. The fraction of sp³-hybridized carbons (Fsp3) is 0.235. The van der Waals surface area contributed by atoms with Crippen molar-refractivity contribution in [3.05, 3.63) is 64.1 Å². The number of carbonyl (C=O) groups is 1. The third-order valence-corrected chi connectivity index (χ3v) is 5.69. The molecule has 0 aliphatic heterocycles. The van der Waals surface area contributed by atoms with Gasteiger partial charge in [-0.1, -0.05) is 47.5 Å². The minimum absolute atomic E-state index is 0.100. The molecule has 2 atom stereocenters. The number of nitrogens with one attached hydrogen (secondary N) is 2. The van der Waals surface area contributed by atoms with E-state index >= 15 is 0 Å². The van der Waals surface area contributed by atoms with Gasteiger partial charge in [0, 0.05) is 10.0 Å². The Morgan fingerprint density at radius 1 is 1.04 bits per heavy atom. The van der Waals surface area contributed by atoms with Crippen LogP contribution in [0.2, 0.25) is 10.0 Å². The summed E-state index contributed by atoms with van der Waals surface area (Å²) in [6, 6.07) is 11.5.